The third kappa shape index (κ3) is 9.80. The lowest BCUT2D eigenvalue weighted by Crippen LogP contribution is -2.48. The van der Waals surface area contributed by atoms with Crippen molar-refractivity contribution in [3.8, 4) is 0 Å². The van der Waals surface area contributed by atoms with Gasteiger partial charge < -0.3 is 19.7 Å². The van der Waals surface area contributed by atoms with E-state index < -0.39 is 21.2 Å². The first-order valence-electron chi connectivity index (χ1n) is 19.2. The summed E-state index contributed by atoms with van der Waals surface area (Å²) in [6.07, 6.45) is 7.18. The molecule has 2 unspecified atom stereocenters. The molecule has 296 valence electrons. The van der Waals surface area contributed by atoms with E-state index in [1.165, 1.54) is 13.2 Å². The van der Waals surface area contributed by atoms with Gasteiger partial charge >= 0.3 is 12.1 Å². The first kappa shape index (κ1) is 41.3. The number of carbonyl (C=O) groups excluding carboxylic acids is 2. The van der Waals surface area contributed by atoms with E-state index in [0.29, 0.717) is 30.6 Å². The molecule has 0 spiro atoms. The third-order valence-electron chi connectivity index (χ3n) is 11.6. The van der Waals surface area contributed by atoms with Crippen LogP contribution < -0.4 is 5.32 Å². The summed E-state index contributed by atoms with van der Waals surface area (Å²) in [6, 6.07) is 25.3. The summed E-state index contributed by atoms with van der Waals surface area (Å²) in [7, 11) is 1.47. The Bertz CT molecular complexity index is 1750. The number of rotatable bonds is 9. The van der Waals surface area contributed by atoms with Crippen molar-refractivity contribution < 1.29 is 32.2 Å². The maximum Gasteiger partial charge on any atom is 0.416 e. The highest BCUT2D eigenvalue weighted by Gasteiger charge is 2.48. The van der Waals surface area contributed by atoms with Crippen LogP contribution in [0.1, 0.15) is 79.2 Å². The highest BCUT2D eigenvalue weighted by atomic mass is 32.2. The molecule has 4 aliphatic rings. The van der Waals surface area contributed by atoms with Crippen LogP contribution in [0.5, 0.6) is 0 Å². The first-order chi connectivity index (χ1) is 26.5. The molecule has 4 atom stereocenters. The summed E-state index contributed by atoms with van der Waals surface area (Å²) in [6.45, 7) is 2.39. The number of hydrogen-bond acceptors (Lipinski definition) is 8. The van der Waals surface area contributed by atoms with E-state index in [2.05, 4.69) is 29.6 Å². The minimum atomic E-state index is -4.36. The third-order valence-corrected chi connectivity index (χ3v) is 14.2. The lowest BCUT2D eigenvalue weighted by molar-refractivity contribution is -0.143. The quantitative estimate of drug-likeness (QED) is 0.172. The summed E-state index contributed by atoms with van der Waals surface area (Å²) in [5, 5.41) is 3.72. The number of esters is 1. The normalized spacial score (nSPS) is 25.4. The van der Waals surface area contributed by atoms with Gasteiger partial charge in [0.2, 0.25) is 5.91 Å². The number of hydrogen-bond donors (Lipinski definition) is 1. The van der Waals surface area contributed by atoms with E-state index >= 15 is 0 Å². The fourth-order valence-corrected chi connectivity index (χ4v) is 10.4. The molecule has 1 saturated heterocycles. The van der Waals surface area contributed by atoms with Gasteiger partial charge in [-0.05, 0) is 93.6 Å². The van der Waals surface area contributed by atoms with Gasteiger partial charge in [-0.15, -0.1) is 23.5 Å². The van der Waals surface area contributed by atoms with E-state index in [-0.39, 0.29) is 24.5 Å². The summed E-state index contributed by atoms with van der Waals surface area (Å²) in [5.41, 5.74) is 4.10. The Balaban J connectivity index is 0.000000190. The van der Waals surface area contributed by atoms with Crippen LogP contribution in [0.4, 0.5) is 13.2 Å². The van der Waals surface area contributed by atoms with Crippen molar-refractivity contribution in [2.75, 3.05) is 39.4 Å². The lowest BCUT2D eigenvalue weighted by atomic mass is 9.95. The summed E-state index contributed by atoms with van der Waals surface area (Å²) in [4.78, 5) is 32.6. The molecule has 1 amide bonds. The van der Waals surface area contributed by atoms with Gasteiger partial charge in [0.1, 0.15) is 4.75 Å². The SMILES string of the molecule is COC(=O)C1(SC)CC[C@@H](N=C(c2ccccc2)c2ccccc2)C1.CSC1(C(=O)N2CCc3ccc(C(F)(F)F)cc3C2)CC[C@@H](NC2CCOCC2)C1. The van der Waals surface area contributed by atoms with Crippen LogP contribution in [0.2, 0.25) is 0 Å². The van der Waals surface area contributed by atoms with Crippen molar-refractivity contribution in [1.29, 1.82) is 0 Å². The number of alkyl halides is 3. The van der Waals surface area contributed by atoms with Crippen molar-refractivity contribution in [2.45, 2.75) is 98.1 Å². The standard InChI is InChI=1S/C22H29F3N2O2S.C21H23NO2S/c1-30-21(8-4-19(13-21)26-18-6-10-29-11-7-18)20(28)27-9-5-15-2-3-17(22(23,24)25)12-16(15)14-27;1-24-20(23)21(25-2)14-13-18(15-21)22-19(16-9-5-3-6-10-16)17-11-7-4-8-12-17/h2-3,12,18-19,26H,4-11,13-14H2,1H3;3-12,18H,13-15H2,1-2H3/t19-,21?;18-,21?/m11/s1. The molecule has 2 heterocycles. The number of ether oxygens (including phenoxy) is 2. The smallest absolute Gasteiger partial charge is 0.416 e. The van der Waals surface area contributed by atoms with Gasteiger partial charge in [0.05, 0.1) is 29.2 Å². The number of fused-ring (bicyclic) bond motifs is 1. The fourth-order valence-electron chi connectivity index (χ4n) is 8.44. The summed E-state index contributed by atoms with van der Waals surface area (Å²) < 4.78 is 48.9. The molecule has 7 nitrogen and oxygen atoms in total. The molecule has 3 aromatic carbocycles. The molecule has 2 aliphatic heterocycles. The average molecular weight is 796 g/mol. The molecular weight excluding hydrogens is 744 g/mol. The Morgan fingerprint density at radius 2 is 1.47 bits per heavy atom. The maximum absolute atomic E-state index is 13.5. The van der Waals surface area contributed by atoms with Crippen LogP contribution >= 0.6 is 23.5 Å². The number of nitrogens with one attached hydrogen (secondary N) is 1. The van der Waals surface area contributed by atoms with Crippen LogP contribution in [0.3, 0.4) is 0 Å². The van der Waals surface area contributed by atoms with Gasteiger partial charge in [-0.25, -0.2) is 0 Å². The van der Waals surface area contributed by atoms with Gasteiger partial charge in [0, 0.05) is 49.5 Å². The number of thioether (sulfide) groups is 2. The average Bonchev–Trinajstić information content (AvgIpc) is 3.85. The maximum atomic E-state index is 13.5. The molecule has 2 saturated carbocycles. The molecule has 7 rings (SSSR count). The predicted molar refractivity (Wildman–Crippen MR) is 216 cm³/mol. The van der Waals surface area contributed by atoms with Crippen molar-refractivity contribution in [1.82, 2.24) is 10.2 Å². The Labute approximate surface area is 331 Å². The van der Waals surface area contributed by atoms with Gasteiger partial charge in [-0.2, -0.15) is 13.2 Å². The lowest BCUT2D eigenvalue weighted by Gasteiger charge is -2.37. The molecule has 0 bridgehead atoms. The number of nitrogens with zero attached hydrogens (tertiary/aromatic N) is 2. The molecule has 12 heteroatoms. The Morgan fingerprint density at radius 1 is 0.836 bits per heavy atom. The number of carbonyl (C=O) groups is 2. The molecule has 55 heavy (non-hydrogen) atoms. The van der Waals surface area contributed by atoms with E-state index in [1.807, 2.05) is 48.9 Å². The van der Waals surface area contributed by atoms with Gasteiger partial charge in [-0.1, -0.05) is 66.7 Å². The van der Waals surface area contributed by atoms with Crippen LogP contribution in [0, 0.1) is 0 Å². The molecule has 2 aliphatic carbocycles. The van der Waals surface area contributed by atoms with E-state index in [9.17, 15) is 22.8 Å². The second kappa shape index (κ2) is 18.3. The van der Waals surface area contributed by atoms with Crippen molar-refractivity contribution in [2.24, 2.45) is 4.99 Å². The summed E-state index contributed by atoms with van der Waals surface area (Å²) >= 11 is 3.19. The first-order valence-corrected chi connectivity index (χ1v) is 21.6. The highest BCUT2D eigenvalue weighted by molar-refractivity contribution is 8.01. The largest absolute Gasteiger partial charge is 0.468 e. The summed E-state index contributed by atoms with van der Waals surface area (Å²) in [5.74, 6) is -0.0481. The van der Waals surface area contributed by atoms with E-state index in [1.54, 1.807) is 34.5 Å². The Morgan fingerprint density at radius 3 is 2.07 bits per heavy atom. The van der Waals surface area contributed by atoms with Crippen LogP contribution in [-0.2, 0) is 38.2 Å². The topological polar surface area (TPSA) is 80.2 Å². The van der Waals surface area contributed by atoms with Gasteiger partial charge in [-0.3, -0.25) is 14.6 Å². The molecular formula is C43H52F3N3O4S2. The van der Waals surface area contributed by atoms with Crippen LogP contribution in [0.25, 0.3) is 0 Å². The minimum absolute atomic E-state index is 0.0781. The Kier molecular flexibility index (Phi) is 13.7. The molecule has 0 aromatic heterocycles. The van der Waals surface area contributed by atoms with Crippen molar-refractivity contribution in [3.05, 3.63) is 107 Å². The molecule has 1 N–H and O–H groups in total. The fraction of sp³-hybridized carbons (Fsp3) is 0.512. The van der Waals surface area contributed by atoms with Crippen molar-refractivity contribution >= 4 is 41.1 Å². The second-order valence-corrected chi connectivity index (χ2v) is 17.3. The second-order valence-electron chi connectivity index (χ2n) is 14.9. The number of aliphatic imine (C=N–C) groups is 1. The van der Waals surface area contributed by atoms with Crippen LogP contribution in [0.15, 0.2) is 83.9 Å². The zero-order valence-corrected chi connectivity index (χ0v) is 33.5. The Hall–Kier alpha value is -3.32. The van der Waals surface area contributed by atoms with Gasteiger partial charge in [0.25, 0.3) is 0 Å². The molecule has 3 aromatic rings. The molecule has 0 radical (unpaired) electrons. The zero-order valence-electron chi connectivity index (χ0n) is 31.9. The van der Waals surface area contributed by atoms with E-state index in [0.717, 1.165) is 93.0 Å². The number of amides is 1. The number of benzene rings is 3. The number of halogens is 3. The predicted octanol–water partition coefficient (Wildman–Crippen LogP) is 8.36. The number of methoxy groups -OCH3 is 1. The monoisotopic (exact) mass is 795 g/mol. The highest BCUT2D eigenvalue weighted by Crippen LogP contribution is 2.44. The van der Waals surface area contributed by atoms with Crippen LogP contribution in [-0.4, -0.2) is 89.5 Å². The molecule has 3 fully saturated rings. The van der Waals surface area contributed by atoms with Crippen molar-refractivity contribution in [3.63, 3.8) is 0 Å². The van der Waals surface area contributed by atoms with Gasteiger partial charge in [0.15, 0.2) is 0 Å². The minimum Gasteiger partial charge on any atom is -0.468 e. The van der Waals surface area contributed by atoms with E-state index in [4.69, 9.17) is 14.5 Å². The zero-order chi connectivity index (χ0) is 39.1.